The van der Waals surface area contributed by atoms with E-state index in [1.807, 2.05) is 26.0 Å². The molecule has 3 rings (SSSR count). The van der Waals surface area contributed by atoms with Crippen LogP contribution in [-0.4, -0.2) is 22.4 Å². The van der Waals surface area contributed by atoms with Gasteiger partial charge in [-0.15, -0.1) is 0 Å². The SMILES string of the molecule is C/C(=C\C=C\C(C)(C)O)[C@H]1CC[C@@]2(C)C[C@H]3O[C@@]3(C)CC[C@H]12. The van der Waals surface area contributed by atoms with Gasteiger partial charge in [-0.05, 0) is 77.0 Å². The lowest BCUT2D eigenvalue weighted by atomic mass is 9.72. The van der Waals surface area contributed by atoms with Gasteiger partial charge in [0.1, 0.15) is 0 Å². The van der Waals surface area contributed by atoms with Gasteiger partial charge < -0.3 is 9.84 Å². The lowest BCUT2D eigenvalue weighted by Gasteiger charge is -2.33. The Morgan fingerprint density at radius 2 is 1.95 bits per heavy atom. The minimum Gasteiger partial charge on any atom is -0.386 e. The molecule has 0 aromatic rings. The van der Waals surface area contributed by atoms with E-state index in [4.69, 9.17) is 4.74 Å². The fourth-order valence-corrected chi connectivity index (χ4v) is 4.90. The number of fused-ring (bicyclic) bond motifs is 2. The van der Waals surface area contributed by atoms with E-state index in [-0.39, 0.29) is 5.60 Å². The van der Waals surface area contributed by atoms with Crippen molar-refractivity contribution in [1.82, 2.24) is 0 Å². The smallest absolute Gasteiger partial charge is 0.0920 e. The molecule has 0 spiro atoms. The first-order valence-electron chi connectivity index (χ1n) is 8.89. The summed E-state index contributed by atoms with van der Waals surface area (Å²) >= 11 is 0. The molecule has 2 heteroatoms. The standard InChI is InChI=1S/C20H32O2/c1-14(7-6-10-18(2,3)21)15-8-11-19(4)13-17-20(5,22-17)12-9-16(15)19/h6-7,10,15-17,21H,8-9,11-13H2,1-5H3/b10-6+,14-7+/t15-,16-,17-,19+,20+/m1/s1. The third-order valence-corrected chi connectivity index (χ3v) is 6.49. The molecule has 5 atom stereocenters. The Bertz CT molecular complexity index is 498. The summed E-state index contributed by atoms with van der Waals surface area (Å²) in [6.07, 6.45) is 13.1. The summed E-state index contributed by atoms with van der Waals surface area (Å²) in [5.41, 5.74) is 1.40. The van der Waals surface area contributed by atoms with Crippen LogP contribution >= 0.6 is 0 Å². The lowest BCUT2D eigenvalue weighted by molar-refractivity contribution is 0.133. The molecule has 22 heavy (non-hydrogen) atoms. The van der Waals surface area contributed by atoms with Gasteiger partial charge in [-0.1, -0.05) is 30.7 Å². The molecule has 3 fully saturated rings. The molecule has 0 unspecified atom stereocenters. The summed E-state index contributed by atoms with van der Waals surface area (Å²) in [5.74, 6) is 1.50. The second kappa shape index (κ2) is 5.21. The van der Waals surface area contributed by atoms with Gasteiger partial charge in [0.2, 0.25) is 0 Å². The average molecular weight is 304 g/mol. The molecule has 0 aromatic heterocycles. The Morgan fingerprint density at radius 3 is 2.64 bits per heavy atom. The first-order chi connectivity index (χ1) is 10.1. The van der Waals surface area contributed by atoms with Crippen molar-refractivity contribution in [2.24, 2.45) is 17.3 Å². The highest BCUT2D eigenvalue weighted by atomic mass is 16.6. The first kappa shape index (κ1) is 16.3. The number of epoxide rings is 1. The first-order valence-corrected chi connectivity index (χ1v) is 8.89. The van der Waals surface area contributed by atoms with Gasteiger partial charge in [0, 0.05) is 0 Å². The molecule has 0 bridgehead atoms. The Balaban J connectivity index is 1.73. The number of ether oxygens (including phenoxy) is 1. The Hall–Kier alpha value is -0.600. The molecular weight excluding hydrogens is 272 g/mol. The summed E-state index contributed by atoms with van der Waals surface area (Å²) in [4.78, 5) is 0. The Labute approximate surface area is 135 Å². The summed E-state index contributed by atoms with van der Waals surface area (Å²) in [6.45, 7) is 10.7. The quantitative estimate of drug-likeness (QED) is 0.609. The van der Waals surface area contributed by atoms with Crippen molar-refractivity contribution >= 4 is 0 Å². The monoisotopic (exact) mass is 304 g/mol. The van der Waals surface area contributed by atoms with Gasteiger partial charge in [-0.3, -0.25) is 0 Å². The molecule has 2 aliphatic carbocycles. The van der Waals surface area contributed by atoms with Gasteiger partial charge in [0.15, 0.2) is 0 Å². The highest BCUT2D eigenvalue weighted by Gasteiger charge is 2.60. The zero-order valence-corrected chi connectivity index (χ0v) is 14.9. The van der Waals surface area contributed by atoms with Crippen molar-refractivity contribution in [2.45, 2.75) is 84.0 Å². The summed E-state index contributed by atoms with van der Waals surface area (Å²) < 4.78 is 5.96. The van der Waals surface area contributed by atoms with Crippen LogP contribution < -0.4 is 0 Å². The van der Waals surface area contributed by atoms with Gasteiger partial charge in [-0.2, -0.15) is 0 Å². The highest BCUT2D eigenvalue weighted by molar-refractivity contribution is 5.20. The maximum absolute atomic E-state index is 9.79. The van der Waals surface area contributed by atoms with Crippen LogP contribution in [0.5, 0.6) is 0 Å². The van der Waals surface area contributed by atoms with E-state index in [9.17, 15) is 5.11 Å². The zero-order chi connectivity index (χ0) is 16.2. The van der Waals surface area contributed by atoms with Crippen LogP contribution in [0.3, 0.4) is 0 Å². The molecule has 0 aromatic carbocycles. The lowest BCUT2D eigenvalue weighted by Crippen LogP contribution is -2.26. The van der Waals surface area contributed by atoms with Crippen molar-refractivity contribution in [2.75, 3.05) is 0 Å². The number of hydrogen-bond acceptors (Lipinski definition) is 2. The van der Waals surface area contributed by atoms with E-state index in [0.29, 0.717) is 17.4 Å². The van der Waals surface area contributed by atoms with Crippen molar-refractivity contribution in [3.63, 3.8) is 0 Å². The fraction of sp³-hybridized carbons (Fsp3) is 0.800. The van der Waals surface area contributed by atoms with Crippen molar-refractivity contribution in [3.05, 3.63) is 23.8 Å². The maximum atomic E-state index is 9.79. The molecule has 1 saturated heterocycles. The minimum absolute atomic E-state index is 0.191. The van der Waals surface area contributed by atoms with E-state index >= 15 is 0 Å². The predicted octanol–water partition coefficient (Wildman–Crippen LogP) is 4.63. The van der Waals surface area contributed by atoms with Gasteiger partial charge >= 0.3 is 0 Å². The van der Waals surface area contributed by atoms with Gasteiger partial charge in [-0.25, -0.2) is 0 Å². The number of aliphatic hydroxyl groups is 1. The van der Waals surface area contributed by atoms with Crippen LogP contribution in [-0.2, 0) is 4.74 Å². The molecule has 1 heterocycles. The molecule has 1 aliphatic heterocycles. The van der Waals surface area contributed by atoms with Crippen LogP contribution in [0.4, 0.5) is 0 Å². The van der Waals surface area contributed by atoms with E-state index in [1.54, 1.807) is 0 Å². The zero-order valence-electron chi connectivity index (χ0n) is 14.9. The topological polar surface area (TPSA) is 32.8 Å². The molecule has 3 aliphatic rings. The molecule has 0 amide bonds. The minimum atomic E-state index is -0.726. The van der Waals surface area contributed by atoms with Crippen LogP contribution in [0.25, 0.3) is 0 Å². The summed E-state index contributed by atoms with van der Waals surface area (Å²) in [7, 11) is 0. The van der Waals surface area contributed by atoms with Crippen LogP contribution in [0.2, 0.25) is 0 Å². The maximum Gasteiger partial charge on any atom is 0.0920 e. The van der Waals surface area contributed by atoms with Gasteiger partial charge in [0.05, 0.1) is 17.3 Å². The third-order valence-electron chi connectivity index (χ3n) is 6.49. The van der Waals surface area contributed by atoms with E-state index in [1.165, 1.54) is 37.7 Å². The van der Waals surface area contributed by atoms with Crippen molar-refractivity contribution in [1.29, 1.82) is 0 Å². The molecule has 0 radical (unpaired) electrons. The fourth-order valence-electron chi connectivity index (χ4n) is 4.90. The Morgan fingerprint density at radius 1 is 1.23 bits per heavy atom. The number of allylic oxidation sites excluding steroid dienone is 3. The van der Waals surface area contributed by atoms with E-state index in [2.05, 4.69) is 26.8 Å². The predicted molar refractivity (Wildman–Crippen MR) is 90.6 cm³/mol. The molecule has 124 valence electrons. The summed E-state index contributed by atoms with van der Waals surface area (Å²) in [6, 6.07) is 0. The van der Waals surface area contributed by atoms with Crippen molar-refractivity contribution in [3.8, 4) is 0 Å². The average Bonchev–Trinajstić information content (AvgIpc) is 2.89. The van der Waals surface area contributed by atoms with E-state index < -0.39 is 5.60 Å². The molecular formula is C20H32O2. The highest BCUT2D eigenvalue weighted by Crippen LogP contribution is 2.61. The van der Waals surface area contributed by atoms with Crippen molar-refractivity contribution < 1.29 is 9.84 Å². The van der Waals surface area contributed by atoms with E-state index in [0.717, 1.165) is 5.92 Å². The third kappa shape index (κ3) is 3.05. The number of hydrogen-bond donors (Lipinski definition) is 1. The largest absolute Gasteiger partial charge is 0.386 e. The van der Waals surface area contributed by atoms with Gasteiger partial charge in [0.25, 0.3) is 0 Å². The normalized spacial score (nSPS) is 45.5. The van der Waals surface area contributed by atoms with Crippen LogP contribution in [0.1, 0.15) is 66.7 Å². The molecule has 1 N–H and O–H groups in total. The Kier molecular flexibility index (Phi) is 3.85. The number of rotatable bonds is 3. The summed E-state index contributed by atoms with van der Waals surface area (Å²) in [5, 5.41) is 9.79. The molecule has 2 nitrogen and oxygen atoms in total. The molecule has 2 saturated carbocycles. The van der Waals surface area contributed by atoms with Crippen LogP contribution in [0, 0.1) is 17.3 Å². The second-order valence-corrected chi connectivity index (χ2v) is 8.99. The van der Waals surface area contributed by atoms with Crippen LogP contribution in [0.15, 0.2) is 23.8 Å². The second-order valence-electron chi connectivity index (χ2n) is 8.99.